The summed E-state index contributed by atoms with van der Waals surface area (Å²) in [5.41, 5.74) is 5.87. The maximum Gasteiger partial charge on any atom is 0.188 e. The van der Waals surface area contributed by atoms with Gasteiger partial charge in [0.2, 0.25) is 0 Å². The Morgan fingerprint density at radius 1 is 1.17 bits per heavy atom. The molecule has 0 amide bonds. The van der Waals surface area contributed by atoms with Crippen LogP contribution in [0.15, 0.2) is 4.99 Å². The molecule has 106 valence electrons. The molecule has 0 aromatic carbocycles. The van der Waals surface area contributed by atoms with Crippen LogP contribution in [0.25, 0.3) is 0 Å². The van der Waals surface area contributed by atoms with Crippen molar-refractivity contribution in [3.63, 3.8) is 0 Å². The van der Waals surface area contributed by atoms with Crippen LogP contribution in [-0.2, 0) is 4.74 Å². The Bertz CT molecular complexity index is 249. The van der Waals surface area contributed by atoms with Crippen molar-refractivity contribution in [2.45, 2.75) is 63.5 Å². The summed E-state index contributed by atoms with van der Waals surface area (Å²) in [6, 6.07) is 0.560. The van der Waals surface area contributed by atoms with Crippen LogP contribution in [0, 0.1) is 0 Å². The highest BCUT2D eigenvalue weighted by molar-refractivity contribution is 14.0. The number of guanidine groups is 1. The molecule has 5 heteroatoms. The first-order chi connectivity index (χ1) is 8.34. The molecule has 1 unspecified atom stereocenters. The molecule has 1 heterocycles. The lowest BCUT2D eigenvalue weighted by molar-refractivity contribution is 0.0129. The van der Waals surface area contributed by atoms with Crippen LogP contribution in [0.5, 0.6) is 0 Å². The van der Waals surface area contributed by atoms with Gasteiger partial charge in [0.05, 0.1) is 6.10 Å². The number of rotatable bonds is 4. The van der Waals surface area contributed by atoms with Crippen molar-refractivity contribution >= 4 is 29.9 Å². The van der Waals surface area contributed by atoms with E-state index in [1.54, 1.807) is 0 Å². The number of hydrogen-bond donors (Lipinski definition) is 2. The highest BCUT2D eigenvalue weighted by Gasteiger charge is 2.15. The average Bonchev–Trinajstić information content (AvgIpc) is 2.83. The minimum absolute atomic E-state index is 0. The molecule has 0 radical (unpaired) electrons. The normalized spacial score (nSPS) is 25.8. The molecule has 2 fully saturated rings. The van der Waals surface area contributed by atoms with Gasteiger partial charge in [0.25, 0.3) is 0 Å². The van der Waals surface area contributed by atoms with Crippen LogP contribution in [0.3, 0.4) is 0 Å². The van der Waals surface area contributed by atoms with E-state index in [9.17, 15) is 0 Å². The van der Waals surface area contributed by atoms with Crippen LogP contribution in [0.2, 0.25) is 0 Å². The maximum absolute atomic E-state index is 5.87. The summed E-state index contributed by atoms with van der Waals surface area (Å²) in [5, 5.41) is 3.30. The highest BCUT2D eigenvalue weighted by atomic mass is 127. The van der Waals surface area contributed by atoms with Crippen molar-refractivity contribution in [1.82, 2.24) is 5.32 Å². The number of nitrogens with zero attached hydrogens (tertiary/aromatic N) is 1. The second-order valence-electron chi connectivity index (χ2n) is 5.17. The van der Waals surface area contributed by atoms with E-state index in [4.69, 9.17) is 10.5 Å². The number of nitrogens with two attached hydrogens (primary N) is 1. The molecule has 1 aliphatic carbocycles. The Balaban J connectivity index is 0.00000162. The van der Waals surface area contributed by atoms with Gasteiger partial charge in [-0.1, -0.05) is 12.8 Å². The van der Waals surface area contributed by atoms with Crippen LogP contribution in [-0.4, -0.2) is 31.3 Å². The molecular weight excluding hydrogens is 341 g/mol. The quantitative estimate of drug-likeness (QED) is 0.456. The molecule has 2 rings (SSSR count). The van der Waals surface area contributed by atoms with Gasteiger partial charge in [-0.2, -0.15) is 0 Å². The zero-order valence-corrected chi connectivity index (χ0v) is 13.4. The Labute approximate surface area is 127 Å². The molecule has 0 aromatic heterocycles. The first-order valence-electron chi connectivity index (χ1n) is 7.02. The third-order valence-electron chi connectivity index (χ3n) is 3.71. The Morgan fingerprint density at radius 3 is 2.56 bits per heavy atom. The van der Waals surface area contributed by atoms with E-state index in [1.165, 1.54) is 44.9 Å². The summed E-state index contributed by atoms with van der Waals surface area (Å²) >= 11 is 0. The van der Waals surface area contributed by atoms with Gasteiger partial charge in [-0.15, -0.1) is 24.0 Å². The molecule has 1 aliphatic heterocycles. The minimum atomic E-state index is 0. The third kappa shape index (κ3) is 5.73. The summed E-state index contributed by atoms with van der Waals surface area (Å²) in [6.45, 7) is 1.71. The summed E-state index contributed by atoms with van der Waals surface area (Å²) in [5.74, 6) is 0.618. The number of aliphatic imine (C=N–C) groups is 1. The highest BCUT2D eigenvalue weighted by Crippen LogP contribution is 2.17. The van der Waals surface area contributed by atoms with Gasteiger partial charge in [-0.3, -0.25) is 4.99 Å². The van der Waals surface area contributed by atoms with E-state index in [2.05, 4.69) is 10.3 Å². The van der Waals surface area contributed by atoms with E-state index in [-0.39, 0.29) is 24.0 Å². The van der Waals surface area contributed by atoms with Crippen LogP contribution in [0.1, 0.15) is 51.4 Å². The van der Waals surface area contributed by atoms with E-state index in [0.29, 0.717) is 18.1 Å². The van der Waals surface area contributed by atoms with Gasteiger partial charge in [0.15, 0.2) is 5.96 Å². The van der Waals surface area contributed by atoms with Crippen LogP contribution < -0.4 is 11.1 Å². The smallest absolute Gasteiger partial charge is 0.188 e. The first-order valence-corrected chi connectivity index (χ1v) is 7.02. The van der Waals surface area contributed by atoms with Crippen molar-refractivity contribution in [2.24, 2.45) is 10.7 Å². The molecule has 4 nitrogen and oxygen atoms in total. The van der Waals surface area contributed by atoms with Gasteiger partial charge in [-0.25, -0.2) is 0 Å². The molecule has 2 aliphatic rings. The Kier molecular flexibility index (Phi) is 7.97. The van der Waals surface area contributed by atoms with Crippen LogP contribution >= 0.6 is 24.0 Å². The number of hydrogen-bond acceptors (Lipinski definition) is 2. The predicted octanol–water partition coefficient (Wildman–Crippen LogP) is 2.41. The molecule has 18 heavy (non-hydrogen) atoms. The Hall–Kier alpha value is -0.0400. The predicted molar refractivity (Wildman–Crippen MR) is 85.5 cm³/mol. The lowest BCUT2D eigenvalue weighted by Crippen LogP contribution is -2.38. The van der Waals surface area contributed by atoms with Crippen molar-refractivity contribution in [3.8, 4) is 0 Å². The molecule has 0 aromatic rings. The van der Waals surface area contributed by atoms with E-state index in [1.807, 2.05) is 0 Å². The third-order valence-corrected chi connectivity index (χ3v) is 3.71. The summed E-state index contributed by atoms with van der Waals surface area (Å²) in [7, 11) is 0. The van der Waals surface area contributed by atoms with Crippen molar-refractivity contribution in [3.05, 3.63) is 0 Å². The topological polar surface area (TPSA) is 59.6 Å². The fourth-order valence-corrected chi connectivity index (χ4v) is 2.69. The summed E-state index contributed by atoms with van der Waals surface area (Å²) in [6.07, 6.45) is 10.2. The largest absolute Gasteiger partial charge is 0.378 e. The van der Waals surface area contributed by atoms with Gasteiger partial charge in [-0.05, 0) is 38.5 Å². The zero-order valence-electron chi connectivity index (χ0n) is 11.1. The van der Waals surface area contributed by atoms with Crippen molar-refractivity contribution in [2.75, 3.05) is 13.2 Å². The van der Waals surface area contributed by atoms with E-state index < -0.39 is 0 Å². The molecule has 3 N–H and O–H groups in total. The van der Waals surface area contributed by atoms with E-state index >= 15 is 0 Å². The number of halogens is 1. The lowest BCUT2D eigenvalue weighted by Gasteiger charge is -2.21. The fourth-order valence-electron chi connectivity index (χ4n) is 2.69. The molecule has 0 spiro atoms. The SMILES string of the molecule is I.NC(=NCCC1CCCCO1)NC1CCCC1. The zero-order chi connectivity index (χ0) is 11.9. The maximum atomic E-state index is 5.87. The summed E-state index contributed by atoms with van der Waals surface area (Å²) < 4.78 is 5.66. The minimum Gasteiger partial charge on any atom is -0.378 e. The average molecular weight is 367 g/mol. The van der Waals surface area contributed by atoms with Gasteiger partial charge in [0, 0.05) is 19.2 Å². The fraction of sp³-hybridized carbons (Fsp3) is 0.923. The molecular formula is C13H26IN3O. The first kappa shape index (κ1) is 16.0. The van der Waals surface area contributed by atoms with Crippen molar-refractivity contribution < 1.29 is 4.74 Å². The second kappa shape index (κ2) is 8.96. The van der Waals surface area contributed by atoms with Gasteiger partial charge in [0.1, 0.15) is 0 Å². The lowest BCUT2D eigenvalue weighted by atomic mass is 10.1. The molecule has 1 saturated heterocycles. The standard InChI is InChI=1S/C13H25N3O.HI/c14-13(16-11-5-1-2-6-11)15-9-8-12-7-3-4-10-17-12;/h11-12H,1-10H2,(H3,14,15,16);1H. The molecule has 1 saturated carbocycles. The summed E-state index contributed by atoms with van der Waals surface area (Å²) in [4.78, 5) is 4.39. The molecule has 0 bridgehead atoms. The second-order valence-corrected chi connectivity index (χ2v) is 5.17. The van der Waals surface area contributed by atoms with E-state index in [0.717, 1.165) is 19.6 Å². The Morgan fingerprint density at radius 2 is 1.89 bits per heavy atom. The monoisotopic (exact) mass is 367 g/mol. The van der Waals surface area contributed by atoms with Crippen molar-refractivity contribution in [1.29, 1.82) is 0 Å². The number of nitrogens with one attached hydrogen (secondary N) is 1. The number of ether oxygens (including phenoxy) is 1. The van der Waals surface area contributed by atoms with Crippen LogP contribution in [0.4, 0.5) is 0 Å². The van der Waals surface area contributed by atoms with Gasteiger partial charge >= 0.3 is 0 Å². The van der Waals surface area contributed by atoms with Gasteiger partial charge < -0.3 is 15.8 Å². The molecule has 1 atom stereocenters.